The van der Waals surface area contributed by atoms with Crippen LogP contribution in [0.1, 0.15) is 41.5 Å². The molecule has 1 aliphatic carbocycles. The van der Waals surface area contributed by atoms with E-state index in [0.717, 1.165) is 18.6 Å². The van der Waals surface area contributed by atoms with Crippen molar-refractivity contribution >= 4 is 0 Å². The number of ether oxygens (including phenoxy) is 1. The van der Waals surface area contributed by atoms with Crippen LogP contribution in [0.3, 0.4) is 0 Å². The Morgan fingerprint density at radius 2 is 1.88 bits per heavy atom. The van der Waals surface area contributed by atoms with Gasteiger partial charge in [-0.05, 0) is 61.9 Å². The first-order valence-electron chi connectivity index (χ1n) is 6.32. The van der Waals surface area contributed by atoms with Crippen molar-refractivity contribution < 1.29 is 9.84 Å². The Kier molecular flexibility index (Phi) is 3.17. The molecule has 2 nitrogen and oxygen atoms in total. The van der Waals surface area contributed by atoms with E-state index >= 15 is 0 Å². The molecule has 1 saturated carbocycles. The van der Waals surface area contributed by atoms with Gasteiger partial charge in [0.15, 0.2) is 0 Å². The van der Waals surface area contributed by atoms with E-state index < -0.39 is 0 Å². The minimum absolute atomic E-state index is 0.0190. The predicted octanol–water partition coefficient (Wildman–Crippen LogP) is 3.03. The molecule has 0 radical (unpaired) electrons. The highest BCUT2D eigenvalue weighted by molar-refractivity contribution is 5.52. The van der Waals surface area contributed by atoms with E-state index in [1.54, 1.807) is 7.11 Å². The molecule has 0 spiro atoms. The van der Waals surface area contributed by atoms with Gasteiger partial charge in [-0.2, -0.15) is 0 Å². The Labute approximate surface area is 104 Å². The summed E-state index contributed by atoms with van der Waals surface area (Å²) in [5.74, 6) is 0.955. The molecule has 94 valence electrons. The van der Waals surface area contributed by atoms with Crippen LogP contribution in [-0.4, -0.2) is 18.8 Å². The molecule has 17 heavy (non-hydrogen) atoms. The Morgan fingerprint density at radius 3 is 2.29 bits per heavy atom. The lowest BCUT2D eigenvalue weighted by Crippen LogP contribution is -2.39. The van der Waals surface area contributed by atoms with E-state index in [1.807, 2.05) is 0 Å². The van der Waals surface area contributed by atoms with Gasteiger partial charge < -0.3 is 9.84 Å². The van der Waals surface area contributed by atoms with Crippen LogP contribution in [0.15, 0.2) is 6.07 Å². The number of hydrogen-bond donors (Lipinski definition) is 1. The second-order valence-corrected chi connectivity index (χ2v) is 5.31. The van der Waals surface area contributed by atoms with Gasteiger partial charge in [0.1, 0.15) is 5.75 Å². The number of rotatable bonds is 3. The summed E-state index contributed by atoms with van der Waals surface area (Å²) < 4.78 is 5.40. The van der Waals surface area contributed by atoms with Crippen LogP contribution in [0.25, 0.3) is 0 Å². The van der Waals surface area contributed by atoms with E-state index in [1.165, 1.54) is 28.7 Å². The summed E-state index contributed by atoms with van der Waals surface area (Å²) in [6.45, 7) is 6.64. The van der Waals surface area contributed by atoms with Crippen molar-refractivity contribution in [2.75, 3.05) is 13.7 Å². The Bertz CT molecular complexity index is 426. The third-order valence-electron chi connectivity index (χ3n) is 4.41. The number of methoxy groups -OCH3 is 1. The fourth-order valence-electron chi connectivity index (χ4n) is 3.16. The van der Waals surface area contributed by atoms with Gasteiger partial charge in [0.05, 0.1) is 13.7 Å². The van der Waals surface area contributed by atoms with Crippen molar-refractivity contribution in [3.05, 3.63) is 28.3 Å². The second kappa shape index (κ2) is 4.34. The lowest BCUT2D eigenvalue weighted by molar-refractivity contribution is 0.119. The van der Waals surface area contributed by atoms with Crippen LogP contribution in [0.4, 0.5) is 0 Å². The zero-order valence-electron chi connectivity index (χ0n) is 11.3. The zero-order chi connectivity index (χ0) is 12.6. The topological polar surface area (TPSA) is 29.5 Å². The number of aryl methyl sites for hydroxylation is 1. The van der Waals surface area contributed by atoms with E-state index in [-0.39, 0.29) is 12.0 Å². The van der Waals surface area contributed by atoms with E-state index in [0.29, 0.717) is 0 Å². The Balaban J connectivity index is 2.58. The molecule has 1 aromatic carbocycles. The van der Waals surface area contributed by atoms with Gasteiger partial charge in [-0.25, -0.2) is 0 Å². The first-order chi connectivity index (χ1) is 8.05. The molecule has 0 amide bonds. The average molecular weight is 234 g/mol. The normalized spacial score (nSPS) is 17.7. The highest BCUT2D eigenvalue weighted by Crippen LogP contribution is 2.47. The third kappa shape index (κ3) is 1.75. The van der Waals surface area contributed by atoms with Crippen LogP contribution in [-0.2, 0) is 5.41 Å². The molecule has 2 rings (SSSR count). The molecule has 1 aromatic rings. The second-order valence-electron chi connectivity index (χ2n) is 5.31. The van der Waals surface area contributed by atoms with Crippen molar-refractivity contribution in [2.45, 2.75) is 45.4 Å². The Morgan fingerprint density at radius 1 is 1.24 bits per heavy atom. The van der Waals surface area contributed by atoms with Gasteiger partial charge in [-0.1, -0.05) is 6.42 Å². The summed E-state index contributed by atoms with van der Waals surface area (Å²) in [5.41, 5.74) is 5.11. The first kappa shape index (κ1) is 12.4. The smallest absolute Gasteiger partial charge is 0.122 e. The van der Waals surface area contributed by atoms with E-state index in [2.05, 4.69) is 26.8 Å². The molecule has 2 heteroatoms. The summed E-state index contributed by atoms with van der Waals surface area (Å²) in [4.78, 5) is 0. The van der Waals surface area contributed by atoms with Crippen molar-refractivity contribution in [2.24, 2.45) is 0 Å². The molecule has 0 aliphatic heterocycles. The molecular formula is C15H22O2. The van der Waals surface area contributed by atoms with E-state index in [9.17, 15) is 5.11 Å². The zero-order valence-corrected chi connectivity index (χ0v) is 11.3. The fraction of sp³-hybridized carbons (Fsp3) is 0.600. The van der Waals surface area contributed by atoms with Crippen molar-refractivity contribution in [3.63, 3.8) is 0 Å². The van der Waals surface area contributed by atoms with Gasteiger partial charge in [0.2, 0.25) is 0 Å². The summed E-state index contributed by atoms with van der Waals surface area (Å²) in [6.07, 6.45) is 3.44. The van der Waals surface area contributed by atoms with Crippen LogP contribution in [0, 0.1) is 20.8 Å². The van der Waals surface area contributed by atoms with Crippen molar-refractivity contribution in [3.8, 4) is 5.75 Å². The van der Waals surface area contributed by atoms with Gasteiger partial charge in [0, 0.05) is 5.41 Å². The molecule has 0 bridgehead atoms. The summed E-state index contributed by atoms with van der Waals surface area (Å²) in [7, 11) is 1.71. The largest absolute Gasteiger partial charge is 0.496 e. The van der Waals surface area contributed by atoms with Gasteiger partial charge in [-0.15, -0.1) is 0 Å². The van der Waals surface area contributed by atoms with Crippen LogP contribution in [0.5, 0.6) is 5.75 Å². The van der Waals surface area contributed by atoms with Crippen molar-refractivity contribution in [1.82, 2.24) is 0 Å². The first-order valence-corrected chi connectivity index (χ1v) is 6.32. The average Bonchev–Trinajstić information content (AvgIpc) is 2.27. The Hall–Kier alpha value is -1.02. The maximum atomic E-state index is 9.72. The number of aliphatic hydroxyl groups excluding tert-OH is 1. The maximum Gasteiger partial charge on any atom is 0.122 e. The predicted molar refractivity (Wildman–Crippen MR) is 69.8 cm³/mol. The summed E-state index contributed by atoms with van der Waals surface area (Å²) in [6, 6.07) is 2.10. The standard InChI is InChI=1S/C15H22O2/c1-10-8-13(17-4)11(2)12(3)14(10)15(9-16)6-5-7-15/h8,16H,5-7,9H2,1-4H3. The molecule has 0 atom stereocenters. The maximum absolute atomic E-state index is 9.72. The third-order valence-corrected chi connectivity index (χ3v) is 4.41. The van der Waals surface area contributed by atoms with Crippen molar-refractivity contribution in [1.29, 1.82) is 0 Å². The summed E-state index contributed by atoms with van der Waals surface area (Å²) in [5, 5.41) is 9.72. The SMILES string of the molecule is COc1cc(C)c(C2(CO)CCC2)c(C)c1C. The molecule has 1 aliphatic rings. The minimum atomic E-state index is 0.0190. The molecule has 0 saturated heterocycles. The van der Waals surface area contributed by atoms with Gasteiger partial charge in [-0.3, -0.25) is 0 Å². The van der Waals surface area contributed by atoms with Gasteiger partial charge in [0.25, 0.3) is 0 Å². The molecule has 1 fully saturated rings. The van der Waals surface area contributed by atoms with Crippen LogP contribution >= 0.6 is 0 Å². The van der Waals surface area contributed by atoms with E-state index in [4.69, 9.17) is 4.74 Å². The minimum Gasteiger partial charge on any atom is -0.496 e. The summed E-state index contributed by atoms with van der Waals surface area (Å²) >= 11 is 0. The molecule has 1 N–H and O–H groups in total. The monoisotopic (exact) mass is 234 g/mol. The van der Waals surface area contributed by atoms with Gasteiger partial charge >= 0.3 is 0 Å². The lowest BCUT2D eigenvalue weighted by atomic mass is 9.62. The fourth-order valence-corrected chi connectivity index (χ4v) is 3.16. The van der Waals surface area contributed by atoms with Crippen LogP contribution in [0.2, 0.25) is 0 Å². The quantitative estimate of drug-likeness (QED) is 0.871. The molecule has 0 aromatic heterocycles. The molecule has 0 unspecified atom stereocenters. The highest BCUT2D eigenvalue weighted by atomic mass is 16.5. The number of benzene rings is 1. The number of hydrogen-bond acceptors (Lipinski definition) is 2. The highest BCUT2D eigenvalue weighted by Gasteiger charge is 2.40. The molecular weight excluding hydrogens is 212 g/mol. The molecule has 0 heterocycles. The lowest BCUT2D eigenvalue weighted by Gasteiger charge is -2.43. The van der Waals surface area contributed by atoms with Crippen LogP contribution < -0.4 is 4.74 Å². The number of aliphatic hydroxyl groups is 1.